The molecule has 2 rings (SSSR count). The second kappa shape index (κ2) is 6.88. The van der Waals surface area contributed by atoms with Crippen LogP contribution in [0.2, 0.25) is 0 Å². The Bertz CT molecular complexity index is 414. The summed E-state index contributed by atoms with van der Waals surface area (Å²) in [7, 11) is 0. The third kappa shape index (κ3) is 4.19. The third-order valence-corrected chi connectivity index (χ3v) is 4.16. The topological polar surface area (TPSA) is 72.7 Å². The summed E-state index contributed by atoms with van der Waals surface area (Å²) in [6.07, 6.45) is 4.73. The van der Waals surface area contributed by atoms with Gasteiger partial charge in [0.15, 0.2) is 5.82 Å². The summed E-state index contributed by atoms with van der Waals surface area (Å²) in [4.78, 5) is 11.8. The van der Waals surface area contributed by atoms with Crippen molar-refractivity contribution in [2.45, 2.75) is 57.4 Å². The molecule has 1 aliphatic carbocycles. The van der Waals surface area contributed by atoms with Gasteiger partial charge in [-0.2, -0.15) is 0 Å². The van der Waals surface area contributed by atoms with E-state index in [1.807, 2.05) is 13.8 Å². The maximum Gasteiger partial charge on any atom is 0.230 e. The molecular formula is C12H21N5OS. The first-order valence-electron chi connectivity index (χ1n) is 6.80. The molecule has 0 radical (unpaired) electrons. The molecule has 1 aliphatic rings. The second-order valence-corrected chi connectivity index (χ2v) is 6.16. The van der Waals surface area contributed by atoms with Crippen LogP contribution in [-0.2, 0) is 10.5 Å². The molecule has 0 aliphatic heterocycles. The minimum absolute atomic E-state index is 0.125. The van der Waals surface area contributed by atoms with Crippen LogP contribution < -0.4 is 5.32 Å². The first-order chi connectivity index (χ1) is 9.16. The number of nitrogens with zero attached hydrogens (tertiary/aromatic N) is 4. The van der Waals surface area contributed by atoms with Gasteiger partial charge in [0.05, 0.1) is 17.5 Å². The first-order valence-corrected chi connectivity index (χ1v) is 7.96. The number of carbonyl (C=O) groups is 1. The number of carbonyl (C=O) groups excluding carboxylic acids is 1. The van der Waals surface area contributed by atoms with Crippen LogP contribution >= 0.6 is 11.8 Å². The lowest BCUT2D eigenvalue weighted by atomic mass is 10.2. The number of rotatable bonds is 6. The fraction of sp³-hybridized carbons (Fsp3) is 0.833. The van der Waals surface area contributed by atoms with Gasteiger partial charge < -0.3 is 5.32 Å². The van der Waals surface area contributed by atoms with E-state index < -0.39 is 0 Å². The Kier molecular flexibility index (Phi) is 5.18. The Morgan fingerprint density at radius 3 is 2.89 bits per heavy atom. The number of hydrogen-bond acceptors (Lipinski definition) is 5. The van der Waals surface area contributed by atoms with E-state index in [1.165, 1.54) is 12.8 Å². The van der Waals surface area contributed by atoms with Crippen molar-refractivity contribution in [2.24, 2.45) is 0 Å². The molecule has 1 N–H and O–H groups in total. The summed E-state index contributed by atoms with van der Waals surface area (Å²) in [6, 6.07) is 0.645. The number of nitrogens with one attached hydrogen (secondary N) is 1. The molecule has 1 fully saturated rings. The van der Waals surface area contributed by atoms with Crippen LogP contribution in [0.5, 0.6) is 0 Å². The molecule has 1 aromatic rings. The average Bonchev–Trinajstić information content (AvgIpc) is 2.99. The standard InChI is InChI=1S/C12H21N5OS/c1-9(2)17-11(14-15-16-17)7-19-8-12(18)13-10-5-3-4-6-10/h9-10H,3-8H2,1-2H3,(H,13,18). The molecule has 0 aromatic carbocycles. The van der Waals surface area contributed by atoms with E-state index in [0.29, 0.717) is 17.5 Å². The van der Waals surface area contributed by atoms with Crippen molar-refractivity contribution in [2.75, 3.05) is 5.75 Å². The Morgan fingerprint density at radius 1 is 1.47 bits per heavy atom. The number of tetrazole rings is 1. The molecule has 7 heteroatoms. The SMILES string of the molecule is CC(C)n1nnnc1CSCC(=O)NC1CCCC1. The lowest BCUT2D eigenvalue weighted by Gasteiger charge is -2.11. The molecule has 1 heterocycles. The van der Waals surface area contributed by atoms with Gasteiger partial charge in [-0.05, 0) is 37.1 Å². The fourth-order valence-corrected chi connectivity index (χ4v) is 3.03. The highest BCUT2D eigenvalue weighted by Gasteiger charge is 2.17. The maximum absolute atomic E-state index is 11.8. The smallest absolute Gasteiger partial charge is 0.230 e. The van der Waals surface area contributed by atoms with Crippen LogP contribution in [0, 0.1) is 0 Å². The quantitative estimate of drug-likeness (QED) is 0.857. The number of thioether (sulfide) groups is 1. The van der Waals surface area contributed by atoms with Gasteiger partial charge in [0.1, 0.15) is 0 Å². The van der Waals surface area contributed by atoms with E-state index in [1.54, 1.807) is 16.4 Å². The van der Waals surface area contributed by atoms with Gasteiger partial charge in [0, 0.05) is 6.04 Å². The van der Waals surface area contributed by atoms with Crippen molar-refractivity contribution >= 4 is 17.7 Å². The number of amides is 1. The zero-order valence-electron chi connectivity index (χ0n) is 11.5. The molecule has 0 saturated heterocycles. The predicted octanol–water partition coefficient (Wildman–Crippen LogP) is 1.55. The average molecular weight is 283 g/mol. The van der Waals surface area contributed by atoms with Gasteiger partial charge in [-0.1, -0.05) is 12.8 Å². The minimum atomic E-state index is 0.125. The lowest BCUT2D eigenvalue weighted by Crippen LogP contribution is -2.33. The van der Waals surface area contributed by atoms with Crippen molar-refractivity contribution in [1.82, 2.24) is 25.5 Å². The van der Waals surface area contributed by atoms with Crippen molar-refractivity contribution < 1.29 is 4.79 Å². The van der Waals surface area contributed by atoms with Crippen LogP contribution in [0.15, 0.2) is 0 Å². The van der Waals surface area contributed by atoms with Crippen LogP contribution in [0.1, 0.15) is 51.4 Å². The van der Waals surface area contributed by atoms with Gasteiger partial charge in [0.2, 0.25) is 5.91 Å². The second-order valence-electron chi connectivity index (χ2n) is 5.18. The third-order valence-electron chi connectivity index (χ3n) is 3.23. The zero-order chi connectivity index (χ0) is 13.7. The Morgan fingerprint density at radius 2 is 2.21 bits per heavy atom. The Labute approximate surface area is 117 Å². The molecule has 0 unspecified atom stereocenters. The normalized spacial score (nSPS) is 16.2. The van der Waals surface area contributed by atoms with Crippen molar-refractivity contribution in [1.29, 1.82) is 0 Å². The molecule has 19 heavy (non-hydrogen) atoms. The van der Waals surface area contributed by atoms with Crippen molar-refractivity contribution in [3.63, 3.8) is 0 Å². The Balaban J connectivity index is 1.70. The molecule has 1 aromatic heterocycles. The van der Waals surface area contributed by atoms with Crippen LogP contribution in [0.3, 0.4) is 0 Å². The number of hydrogen-bond donors (Lipinski definition) is 1. The zero-order valence-corrected chi connectivity index (χ0v) is 12.3. The highest BCUT2D eigenvalue weighted by molar-refractivity contribution is 7.99. The van der Waals surface area contributed by atoms with Gasteiger partial charge >= 0.3 is 0 Å². The lowest BCUT2D eigenvalue weighted by molar-refractivity contribution is -0.119. The fourth-order valence-electron chi connectivity index (χ4n) is 2.28. The van der Waals surface area contributed by atoms with E-state index >= 15 is 0 Å². The summed E-state index contributed by atoms with van der Waals surface area (Å²) in [5, 5.41) is 14.7. The molecular weight excluding hydrogens is 262 g/mol. The Hall–Kier alpha value is -1.11. The predicted molar refractivity (Wildman–Crippen MR) is 74.8 cm³/mol. The van der Waals surface area contributed by atoms with E-state index in [0.717, 1.165) is 18.7 Å². The largest absolute Gasteiger partial charge is 0.353 e. The van der Waals surface area contributed by atoms with Gasteiger partial charge in [-0.3, -0.25) is 4.79 Å². The molecule has 106 valence electrons. The minimum Gasteiger partial charge on any atom is -0.353 e. The van der Waals surface area contributed by atoms with Crippen molar-refractivity contribution in [3.8, 4) is 0 Å². The highest BCUT2D eigenvalue weighted by atomic mass is 32.2. The van der Waals surface area contributed by atoms with Gasteiger partial charge in [-0.25, -0.2) is 4.68 Å². The van der Waals surface area contributed by atoms with E-state index in [9.17, 15) is 4.79 Å². The summed E-state index contributed by atoms with van der Waals surface area (Å²) in [6.45, 7) is 4.08. The molecule has 1 saturated carbocycles. The van der Waals surface area contributed by atoms with E-state index in [2.05, 4.69) is 20.8 Å². The molecule has 0 spiro atoms. The first kappa shape index (κ1) is 14.3. The molecule has 6 nitrogen and oxygen atoms in total. The maximum atomic E-state index is 11.8. The molecule has 0 bridgehead atoms. The van der Waals surface area contributed by atoms with Crippen LogP contribution in [0.25, 0.3) is 0 Å². The van der Waals surface area contributed by atoms with Crippen molar-refractivity contribution in [3.05, 3.63) is 5.82 Å². The van der Waals surface area contributed by atoms with Crippen LogP contribution in [-0.4, -0.2) is 37.9 Å². The molecule has 0 atom stereocenters. The van der Waals surface area contributed by atoms with E-state index in [-0.39, 0.29) is 11.9 Å². The molecule has 1 amide bonds. The van der Waals surface area contributed by atoms with Gasteiger partial charge in [0.25, 0.3) is 0 Å². The van der Waals surface area contributed by atoms with Crippen LogP contribution in [0.4, 0.5) is 0 Å². The highest BCUT2D eigenvalue weighted by Crippen LogP contribution is 2.18. The summed E-state index contributed by atoms with van der Waals surface area (Å²) >= 11 is 1.56. The van der Waals surface area contributed by atoms with E-state index in [4.69, 9.17) is 0 Å². The summed E-state index contributed by atoms with van der Waals surface area (Å²) < 4.78 is 1.79. The number of aromatic nitrogens is 4. The van der Waals surface area contributed by atoms with Gasteiger partial charge in [-0.15, -0.1) is 16.9 Å². The summed E-state index contributed by atoms with van der Waals surface area (Å²) in [5.74, 6) is 2.10. The summed E-state index contributed by atoms with van der Waals surface area (Å²) in [5.41, 5.74) is 0. The monoisotopic (exact) mass is 283 g/mol.